The van der Waals surface area contributed by atoms with E-state index in [0.29, 0.717) is 0 Å². The highest BCUT2D eigenvalue weighted by Crippen LogP contribution is 2.67. The third-order valence-corrected chi connectivity index (χ3v) is 12.8. The maximum Gasteiger partial charge on any atom is 0.143 e. The first-order valence-electron chi connectivity index (χ1n) is 19.8. The molecule has 9 aromatic rings. The Morgan fingerprint density at radius 3 is 1.84 bits per heavy atom. The van der Waals surface area contributed by atoms with Crippen molar-refractivity contribution in [3.8, 4) is 61.6 Å². The van der Waals surface area contributed by atoms with Gasteiger partial charge in [0.1, 0.15) is 23.0 Å². The van der Waals surface area contributed by atoms with E-state index in [1.807, 2.05) is 0 Å². The summed E-state index contributed by atoms with van der Waals surface area (Å²) in [7, 11) is 0. The lowest BCUT2D eigenvalue weighted by Gasteiger charge is -2.31. The van der Waals surface area contributed by atoms with E-state index >= 15 is 0 Å². The Morgan fingerprint density at radius 1 is 0.491 bits per heavy atom. The number of para-hydroxylation sites is 1. The highest BCUT2D eigenvalue weighted by atomic mass is 16.5. The minimum Gasteiger partial charge on any atom is -0.485 e. The Labute approximate surface area is 329 Å². The van der Waals surface area contributed by atoms with Crippen molar-refractivity contribution >= 4 is 21.9 Å². The van der Waals surface area contributed by atoms with Gasteiger partial charge in [0.25, 0.3) is 0 Å². The van der Waals surface area contributed by atoms with Crippen LogP contribution in [0.5, 0.6) is 5.75 Å². The van der Waals surface area contributed by atoms with Gasteiger partial charge < -0.3 is 9.15 Å². The first kappa shape index (κ1) is 31.0. The molecule has 3 heterocycles. The molecule has 1 aliphatic heterocycles. The molecule has 2 atom stereocenters. The van der Waals surface area contributed by atoms with Crippen LogP contribution in [0.1, 0.15) is 33.7 Å². The number of hydrogen-bond acceptors (Lipinski definition) is 3. The summed E-state index contributed by atoms with van der Waals surface area (Å²) in [4.78, 5) is 5.28. The van der Waals surface area contributed by atoms with Crippen molar-refractivity contribution < 1.29 is 9.15 Å². The average molecular weight is 728 g/mol. The number of nitrogens with zero attached hydrogens (tertiary/aromatic N) is 1. The number of hydrogen-bond donors (Lipinski definition) is 0. The number of ether oxygens (including phenoxy) is 1. The lowest BCUT2D eigenvalue weighted by Crippen LogP contribution is -2.26. The van der Waals surface area contributed by atoms with Crippen LogP contribution in [-0.4, -0.2) is 11.1 Å². The first-order chi connectivity index (χ1) is 28.3. The van der Waals surface area contributed by atoms with E-state index in [-0.39, 0.29) is 12.0 Å². The van der Waals surface area contributed by atoms with Gasteiger partial charge >= 0.3 is 0 Å². The zero-order chi connectivity index (χ0) is 37.2. The zero-order valence-electron chi connectivity index (χ0n) is 30.8. The second-order valence-corrected chi connectivity index (χ2v) is 15.6. The fraction of sp³-hybridized carbons (Fsp3) is 0.0556. The third-order valence-electron chi connectivity index (χ3n) is 12.8. The summed E-state index contributed by atoms with van der Waals surface area (Å²) < 4.78 is 13.9. The van der Waals surface area contributed by atoms with Crippen molar-refractivity contribution in [2.45, 2.75) is 17.4 Å². The van der Waals surface area contributed by atoms with E-state index in [0.717, 1.165) is 61.3 Å². The summed E-state index contributed by atoms with van der Waals surface area (Å²) in [5.41, 5.74) is 18.8. The lowest BCUT2D eigenvalue weighted by atomic mass is 9.70. The molecule has 0 saturated heterocycles. The quantitative estimate of drug-likeness (QED) is 0.182. The molecule has 13 rings (SSSR count). The predicted molar refractivity (Wildman–Crippen MR) is 230 cm³/mol. The average Bonchev–Trinajstić information content (AvgIpc) is 4.01. The fourth-order valence-electron chi connectivity index (χ4n) is 10.6. The Morgan fingerprint density at radius 2 is 1.12 bits per heavy atom. The second kappa shape index (κ2) is 11.4. The standard InChI is InChI=1S/C54H33NO2/c1-3-15-32(16-4-1)44-29-34(30-45(55-44)33-17-5-2-6-18-33)39-31-43-52(50-38-22-10-14-26-47(38)57-53(39)50)51-42(27-28-48-49(51)37-21-9-13-25-46(37)56-48)54(43)40-23-11-7-19-35(40)36-20-8-12-24-41(36)54/h1-31,37,46H. The van der Waals surface area contributed by atoms with Crippen molar-refractivity contribution in [1.82, 2.24) is 4.98 Å². The normalized spacial score (nSPS) is 17.3. The molecule has 0 fully saturated rings. The summed E-state index contributed by atoms with van der Waals surface area (Å²) in [6.45, 7) is 0. The summed E-state index contributed by atoms with van der Waals surface area (Å²) >= 11 is 0. The summed E-state index contributed by atoms with van der Waals surface area (Å²) in [6, 6.07) is 59.2. The highest BCUT2D eigenvalue weighted by Gasteiger charge is 2.55. The Balaban J connectivity index is 1.22. The molecular formula is C54H33NO2. The second-order valence-electron chi connectivity index (χ2n) is 15.6. The van der Waals surface area contributed by atoms with Gasteiger partial charge in [-0.3, -0.25) is 0 Å². The molecule has 4 aliphatic rings. The van der Waals surface area contributed by atoms with Crippen LogP contribution in [0.15, 0.2) is 193 Å². The van der Waals surface area contributed by atoms with Crippen molar-refractivity contribution in [1.29, 1.82) is 0 Å². The molecule has 0 amide bonds. The monoisotopic (exact) mass is 727 g/mol. The van der Waals surface area contributed by atoms with Gasteiger partial charge in [-0.25, -0.2) is 4.98 Å². The van der Waals surface area contributed by atoms with Crippen LogP contribution in [0, 0.1) is 0 Å². The molecule has 0 saturated carbocycles. The minimum atomic E-state index is -0.571. The summed E-state index contributed by atoms with van der Waals surface area (Å²) in [6.07, 6.45) is 8.77. The number of allylic oxidation sites excluding steroid dienone is 2. The van der Waals surface area contributed by atoms with E-state index in [1.165, 1.54) is 50.1 Å². The van der Waals surface area contributed by atoms with E-state index in [9.17, 15) is 0 Å². The van der Waals surface area contributed by atoms with Gasteiger partial charge in [-0.05, 0) is 86.5 Å². The Hall–Kier alpha value is -7.23. The number of rotatable bonds is 3. The van der Waals surface area contributed by atoms with Crippen LogP contribution in [-0.2, 0) is 5.41 Å². The maximum atomic E-state index is 7.11. The van der Waals surface area contributed by atoms with Crippen LogP contribution in [0.3, 0.4) is 0 Å². The smallest absolute Gasteiger partial charge is 0.143 e. The lowest BCUT2D eigenvalue weighted by molar-refractivity contribution is 0.269. The van der Waals surface area contributed by atoms with Crippen LogP contribution in [0.25, 0.3) is 77.8 Å². The van der Waals surface area contributed by atoms with Crippen LogP contribution in [0.2, 0.25) is 0 Å². The largest absolute Gasteiger partial charge is 0.485 e. The Bertz CT molecular complexity index is 3120. The van der Waals surface area contributed by atoms with E-state index in [2.05, 4.69) is 188 Å². The molecule has 2 unspecified atom stereocenters. The number of benzene rings is 7. The van der Waals surface area contributed by atoms with Gasteiger partial charge in [-0.15, -0.1) is 0 Å². The number of fused-ring (bicyclic) bond motifs is 18. The fourth-order valence-corrected chi connectivity index (χ4v) is 10.6. The van der Waals surface area contributed by atoms with Crippen molar-refractivity contribution in [2.75, 3.05) is 0 Å². The van der Waals surface area contributed by atoms with E-state index in [1.54, 1.807) is 0 Å². The molecule has 7 aromatic carbocycles. The zero-order valence-corrected chi connectivity index (χ0v) is 30.8. The molecule has 0 N–H and O–H groups in total. The minimum absolute atomic E-state index is 0.0415. The molecule has 0 radical (unpaired) electrons. The summed E-state index contributed by atoms with van der Waals surface area (Å²) in [5, 5.41) is 2.26. The van der Waals surface area contributed by atoms with Gasteiger partial charge in [0.15, 0.2) is 0 Å². The van der Waals surface area contributed by atoms with Crippen molar-refractivity contribution in [3.05, 3.63) is 216 Å². The van der Waals surface area contributed by atoms with Crippen LogP contribution < -0.4 is 4.74 Å². The summed E-state index contributed by atoms with van der Waals surface area (Å²) in [5.74, 6) is 1.06. The van der Waals surface area contributed by atoms with E-state index in [4.69, 9.17) is 14.1 Å². The van der Waals surface area contributed by atoms with Gasteiger partial charge in [-0.2, -0.15) is 0 Å². The highest BCUT2D eigenvalue weighted by molar-refractivity contribution is 6.20. The number of furan rings is 1. The van der Waals surface area contributed by atoms with Crippen molar-refractivity contribution in [2.24, 2.45) is 0 Å². The SMILES string of the molecule is C1=CC2Oc3ccc4c(c3C2C=C1)-c1c(cc(-c2cc(-c3ccccc3)nc(-c3ccccc3)c2)c2oc3ccccc3c12)C41c2ccccc2-c2ccccc21. The van der Waals surface area contributed by atoms with Gasteiger partial charge in [0.05, 0.1) is 16.8 Å². The van der Waals surface area contributed by atoms with Gasteiger partial charge in [-0.1, -0.05) is 152 Å². The predicted octanol–water partition coefficient (Wildman–Crippen LogP) is 13.3. The Kier molecular flexibility index (Phi) is 6.21. The van der Waals surface area contributed by atoms with E-state index < -0.39 is 5.41 Å². The van der Waals surface area contributed by atoms with Crippen LogP contribution in [0.4, 0.5) is 0 Å². The first-order valence-corrected chi connectivity index (χ1v) is 19.8. The maximum absolute atomic E-state index is 7.11. The third kappa shape index (κ3) is 4.08. The molecule has 0 bridgehead atoms. The number of pyridine rings is 1. The van der Waals surface area contributed by atoms with Crippen molar-refractivity contribution in [3.63, 3.8) is 0 Å². The molecule has 1 spiro atoms. The molecule has 57 heavy (non-hydrogen) atoms. The van der Waals surface area contributed by atoms with Gasteiger partial charge in [0.2, 0.25) is 0 Å². The topological polar surface area (TPSA) is 35.3 Å². The molecule has 266 valence electrons. The number of aromatic nitrogens is 1. The molecule has 3 aliphatic carbocycles. The molecule has 3 heteroatoms. The van der Waals surface area contributed by atoms with Crippen LogP contribution >= 0.6 is 0 Å². The molecular weight excluding hydrogens is 695 g/mol. The molecule has 3 nitrogen and oxygen atoms in total. The molecule has 2 aromatic heterocycles. The van der Waals surface area contributed by atoms with Gasteiger partial charge in [0, 0.05) is 38.9 Å².